The van der Waals surface area contributed by atoms with E-state index in [1.54, 1.807) is 18.3 Å². The number of rotatable bonds is 6. The maximum atomic E-state index is 6.18. The summed E-state index contributed by atoms with van der Waals surface area (Å²) in [5.74, 6) is 0. The van der Waals surface area contributed by atoms with E-state index in [1.807, 2.05) is 49.4 Å². The van der Waals surface area contributed by atoms with Crippen LogP contribution < -0.4 is 16.0 Å². The molecule has 0 amide bonds. The van der Waals surface area contributed by atoms with Crippen molar-refractivity contribution >= 4 is 30.6 Å². The summed E-state index contributed by atoms with van der Waals surface area (Å²) in [4.78, 5) is 9.48. The molecule has 1 fully saturated rings. The van der Waals surface area contributed by atoms with Crippen molar-refractivity contribution in [3.05, 3.63) is 95.7 Å². The van der Waals surface area contributed by atoms with Crippen LogP contribution in [0.3, 0.4) is 0 Å². The molecule has 0 unspecified atom stereocenters. The summed E-state index contributed by atoms with van der Waals surface area (Å²) < 4.78 is 12.4. The van der Waals surface area contributed by atoms with Crippen LogP contribution in [0.5, 0.6) is 0 Å². The van der Waals surface area contributed by atoms with E-state index < -0.39 is 7.12 Å². The van der Waals surface area contributed by atoms with Gasteiger partial charge in [-0.05, 0) is 56.9 Å². The first-order valence-electron chi connectivity index (χ1n) is 10.7. The highest BCUT2D eigenvalue weighted by Gasteiger charge is 2.51. The number of allylic oxidation sites excluding steroid dienone is 4. The van der Waals surface area contributed by atoms with Gasteiger partial charge >= 0.3 is 7.12 Å². The van der Waals surface area contributed by atoms with Crippen LogP contribution in [0.15, 0.2) is 84.5 Å². The van der Waals surface area contributed by atoms with Gasteiger partial charge in [0.05, 0.1) is 22.2 Å². The van der Waals surface area contributed by atoms with Crippen LogP contribution in [0, 0.1) is 0 Å². The Balaban J connectivity index is 2.09. The molecule has 0 atom stereocenters. The summed E-state index contributed by atoms with van der Waals surface area (Å²) in [6.07, 6.45) is 7.13. The molecule has 0 spiro atoms. The zero-order valence-corrected chi connectivity index (χ0v) is 19.7. The van der Waals surface area contributed by atoms with Crippen molar-refractivity contribution in [2.75, 3.05) is 0 Å². The van der Waals surface area contributed by atoms with Crippen LogP contribution in [0.4, 0.5) is 0 Å². The van der Waals surface area contributed by atoms with Gasteiger partial charge < -0.3 is 9.31 Å². The molecule has 1 aromatic carbocycles. The quantitative estimate of drug-likeness (QED) is 0.402. The summed E-state index contributed by atoms with van der Waals surface area (Å²) in [6.45, 7) is 22.0. The first-order valence-corrected chi connectivity index (χ1v) is 10.7. The molecule has 1 saturated heterocycles. The molecular weight excluding hydrogens is 395 g/mol. The normalized spacial score (nSPS) is 19.0. The molecule has 2 heterocycles. The Bertz CT molecular complexity index is 1170. The minimum absolute atomic E-state index is 0.385. The van der Waals surface area contributed by atoms with E-state index in [0.29, 0.717) is 0 Å². The first-order chi connectivity index (χ1) is 15.1. The molecule has 5 heteroatoms. The Labute approximate surface area is 191 Å². The fraction of sp³-hybridized carbons (Fsp3) is 0.259. The van der Waals surface area contributed by atoms with Crippen molar-refractivity contribution in [1.82, 2.24) is 4.98 Å². The summed E-state index contributed by atoms with van der Waals surface area (Å²) in [5.41, 5.74) is 3.57. The lowest BCUT2D eigenvalue weighted by atomic mass is 9.79. The van der Waals surface area contributed by atoms with Gasteiger partial charge in [0, 0.05) is 17.5 Å². The molecule has 3 rings (SSSR count). The van der Waals surface area contributed by atoms with Gasteiger partial charge in [-0.3, -0.25) is 9.98 Å². The van der Waals surface area contributed by atoms with E-state index >= 15 is 0 Å². The Kier molecular flexibility index (Phi) is 6.82. The van der Waals surface area contributed by atoms with Gasteiger partial charge in [-0.15, -0.1) is 0 Å². The second kappa shape index (κ2) is 9.23. The first kappa shape index (κ1) is 23.6. The predicted octanol–water partition coefficient (Wildman–Crippen LogP) is 3.71. The van der Waals surface area contributed by atoms with Crippen LogP contribution in [0.1, 0.15) is 40.2 Å². The SMILES string of the molecule is C=C/C=C(C=C)/C(C)=N/C(c1ccc(B2OC(C)(C)C(C)(C)O2)cc1)=c1/ncccc1=C. The zero-order valence-electron chi connectivity index (χ0n) is 19.7. The lowest BCUT2D eigenvalue weighted by molar-refractivity contribution is 0.00578. The average Bonchev–Trinajstić information content (AvgIpc) is 2.98. The standard InChI is InChI=1S/C27H31BN2O2/c1-9-12-21(10-2)20(4)30-25(24-19(3)13-11-18-29-24)22-14-16-23(17-15-22)28-31-26(5,6)27(7,8)32-28/h9-18H,1-3H2,4-8H3/b21-12+,25-24+,30-20+. The fourth-order valence-corrected chi connectivity index (χ4v) is 3.38. The minimum Gasteiger partial charge on any atom is -0.399 e. The Morgan fingerprint density at radius 1 is 1.03 bits per heavy atom. The molecule has 0 N–H and O–H groups in total. The molecule has 1 aliphatic heterocycles. The molecule has 1 aromatic heterocycles. The smallest absolute Gasteiger partial charge is 0.399 e. The number of hydrogen-bond donors (Lipinski definition) is 0. The van der Waals surface area contributed by atoms with E-state index in [-0.39, 0.29) is 11.2 Å². The lowest BCUT2D eigenvalue weighted by Crippen LogP contribution is -2.41. The zero-order chi connectivity index (χ0) is 23.5. The number of aromatic nitrogens is 1. The van der Waals surface area contributed by atoms with E-state index in [9.17, 15) is 0 Å². The van der Waals surface area contributed by atoms with Gasteiger partial charge in [0.2, 0.25) is 0 Å². The van der Waals surface area contributed by atoms with E-state index in [4.69, 9.17) is 14.3 Å². The predicted molar refractivity (Wildman–Crippen MR) is 135 cm³/mol. The lowest BCUT2D eigenvalue weighted by Gasteiger charge is -2.32. The number of benzene rings is 1. The molecule has 2 aromatic rings. The van der Waals surface area contributed by atoms with Gasteiger partial charge in [-0.2, -0.15) is 0 Å². The summed E-state index contributed by atoms with van der Waals surface area (Å²) >= 11 is 0. The third-order valence-corrected chi connectivity index (χ3v) is 6.04. The molecule has 164 valence electrons. The van der Waals surface area contributed by atoms with Crippen molar-refractivity contribution in [2.24, 2.45) is 4.99 Å². The Hall–Kier alpha value is -3.02. The van der Waals surface area contributed by atoms with Crippen molar-refractivity contribution in [1.29, 1.82) is 0 Å². The van der Waals surface area contributed by atoms with Gasteiger partial charge in [0.25, 0.3) is 0 Å². The van der Waals surface area contributed by atoms with Crippen molar-refractivity contribution in [2.45, 2.75) is 45.8 Å². The van der Waals surface area contributed by atoms with E-state index in [1.165, 1.54) is 0 Å². The Morgan fingerprint density at radius 3 is 2.19 bits per heavy atom. The van der Waals surface area contributed by atoms with E-state index in [2.05, 4.69) is 52.4 Å². The van der Waals surface area contributed by atoms with Crippen LogP contribution >= 0.6 is 0 Å². The third-order valence-electron chi connectivity index (χ3n) is 6.04. The highest BCUT2D eigenvalue weighted by atomic mass is 16.7. The molecule has 0 aliphatic carbocycles. The summed E-state index contributed by atoms with van der Waals surface area (Å²) in [6, 6.07) is 11.9. The molecule has 32 heavy (non-hydrogen) atoms. The van der Waals surface area contributed by atoms with Gasteiger partial charge in [-0.25, -0.2) is 0 Å². The average molecular weight is 426 g/mol. The van der Waals surface area contributed by atoms with Gasteiger partial charge in [0.1, 0.15) is 0 Å². The molecule has 0 radical (unpaired) electrons. The van der Waals surface area contributed by atoms with Crippen molar-refractivity contribution in [3.63, 3.8) is 0 Å². The molecule has 0 saturated carbocycles. The maximum Gasteiger partial charge on any atom is 0.494 e. The largest absolute Gasteiger partial charge is 0.494 e. The fourth-order valence-electron chi connectivity index (χ4n) is 3.38. The van der Waals surface area contributed by atoms with Gasteiger partial charge in [0.15, 0.2) is 0 Å². The van der Waals surface area contributed by atoms with Gasteiger partial charge in [-0.1, -0.05) is 68.3 Å². The second-order valence-electron chi connectivity index (χ2n) is 8.83. The summed E-state index contributed by atoms with van der Waals surface area (Å²) in [5, 5.41) is 1.54. The maximum absolute atomic E-state index is 6.18. The van der Waals surface area contributed by atoms with Crippen molar-refractivity contribution < 1.29 is 9.31 Å². The Morgan fingerprint density at radius 2 is 1.66 bits per heavy atom. The topological polar surface area (TPSA) is 43.7 Å². The molecule has 4 nitrogen and oxygen atoms in total. The number of hydrogen-bond acceptors (Lipinski definition) is 4. The molecule has 0 bridgehead atoms. The second-order valence-corrected chi connectivity index (χ2v) is 8.83. The van der Waals surface area contributed by atoms with Crippen molar-refractivity contribution in [3.8, 4) is 0 Å². The monoisotopic (exact) mass is 426 g/mol. The van der Waals surface area contributed by atoms with Crippen LogP contribution in [0.2, 0.25) is 0 Å². The van der Waals surface area contributed by atoms with Crippen LogP contribution in [-0.2, 0) is 9.31 Å². The number of aliphatic imine (C=N–C) groups is 1. The van der Waals surface area contributed by atoms with Crippen LogP contribution in [0.25, 0.3) is 12.3 Å². The molecule has 1 aliphatic rings. The highest BCUT2D eigenvalue weighted by molar-refractivity contribution is 6.62. The number of pyridine rings is 1. The van der Waals surface area contributed by atoms with Crippen LogP contribution in [-0.4, -0.2) is 29.0 Å². The highest BCUT2D eigenvalue weighted by Crippen LogP contribution is 2.36. The van der Waals surface area contributed by atoms with E-state index in [0.717, 1.165) is 38.6 Å². The number of nitrogens with zero attached hydrogens (tertiary/aromatic N) is 2. The minimum atomic E-state index is -0.413. The third kappa shape index (κ3) is 4.74. The molecular formula is C27H31BN2O2. The summed E-state index contributed by atoms with van der Waals surface area (Å²) in [7, 11) is -0.413.